The molecule has 1 heterocycles. The first kappa shape index (κ1) is 19.8. The van der Waals surface area contributed by atoms with Gasteiger partial charge in [0, 0.05) is 13.3 Å². The summed E-state index contributed by atoms with van der Waals surface area (Å²) in [6, 6.07) is 6.23. The van der Waals surface area contributed by atoms with Crippen molar-refractivity contribution in [3.63, 3.8) is 0 Å². The molecule has 1 aliphatic rings. The molecule has 11 heteroatoms. The summed E-state index contributed by atoms with van der Waals surface area (Å²) in [5, 5.41) is 0. The number of aliphatic imine (C=N–C) groups is 1. The molecule has 1 aromatic carbocycles. The van der Waals surface area contributed by atoms with Gasteiger partial charge in [-0.25, -0.2) is 8.42 Å². The molecule has 0 fully saturated rings. The Balaban J connectivity index is 0.000000505. The van der Waals surface area contributed by atoms with E-state index in [4.69, 9.17) is 10.3 Å². The summed E-state index contributed by atoms with van der Waals surface area (Å²) < 4.78 is 48.5. The van der Waals surface area contributed by atoms with Gasteiger partial charge in [0.05, 0.1) is 11.2 Å². The monoisotopic (exact) mass is 375 g/mol. The zero-order valence-corrected chi connectivity index (χ0v) is 14.8. The van der Waals surface area contributed by atoms with Crippen LogP contribution in [0.25, 0.3) is 6.08 Å². The number of guanidine groups is 1. The van der Waals surface area contributed by atoms with Crippen molar-refractivity contribution in [3.05, 3.63) is 35.5 Å². The van der Waals surface area contributed by atoms with E-state index < -0.39 is 25.9 Å². The lowest BCUT2D eigenvalue weighted by Crippen LogP contribution is -2.28. The third kappa shape index (κ3) is 6.10. The van der Waals surface area contributed by atoms with Crippen molar-refractivity contribution in [2.24, 2.45) is 10.7 Å². The van der Waals surface area contributed by atoms with E-state index in [1.54, 1.807) is 25.3 Å². The lowest BCUT2D eigenvalue weighted by Gasteiger charge is -2.11. The molecule has 0 saturated carbocycles. The maximum Gasteiger partial charge on any atom is 0.296 e. The van der Waals surface area contributed by atoms with Gasteiger partial charge in [0.15, 0.2) is 9.84 Å². The van der Waals surface area contributed by atoms with Crippen LogP contribution in [0, 0.1) is 0 Å². The van der Waals surface area contributed by atoms with Crippen LogP contribution in [-0.2, 0) is 24.7 Å². The van der Waals surface area contributed by atoms with Crippen LogP contribution in [0.4, 0.5) is 0 Å². The van der Waals surface area contributed by atoms with Crippen molar-refractivity contribution in [2.75, 3.05) is 19.6 Å². The Bertz CT molecular complexity index is 892. The first-order valence-electron chi connectivity index (χ1n) is 6.35. The Hall–Kier alpha value is -2.24. The summed E-state index contributed by atoms with van der Waals surface area (Å²) in [6.07, 6.45) is 3.47. The predicted molar refractivity (Wildman–Crippen MR) is 89.4 cm³/mol. The van der Waals surface area contributed by atoms with Crippen LogP contribution in [0.5, 0.6) is 0 Å². The molecule has 132 valence electrons. The number of likely N-dealkylation sites (N-methyl/N-ethyl adjacent to an activating group) is 1. The summed E-state index contributed by atoms with van der Waals surface area (Å²) >= 11 is 0. The van der Waals surface area contributed by atoms with Gasteiger partial charge >= 0.3 is 0 Å². The number of nitrogens with zero attached hydrogens (tertiary/aromatic N) is 2. The number of carbonyl (C=O) groups is 1. The summed E-state index contributed by atoms with van der Waals surface area (Å²) in [5.41, 5.74) is 6.58. The van der Waals surface area contributed by atoms with Gasteiger partial charge in [-0.1, -0.05) is 12.1 Å². The third-order valence-corrected chi connectivity index (χ3v) is 3.88. The van der Waals surface area contributed by atoms with Gasteiger partial charge in [-0.3, -0.25) is 9.35 Å². The molecular weight excluding hydrogens is 358 g/mol. The van der Waals surface area contributed by atoms with Gasteiger partial charge in [0.2, 0.25) is 5.96 Å². The number of amides is 1. The molecule has 24 heavy (non-hydrogen) atoms. The van der Waals surface area contributed by atoms with E-state index in [-0.39, 0.29) is 10.9 Å². The number of benzene rings is 1. The van der Waals surface area contributed by atoms with Crippen molar-refractivity contribution in [1.29, 1.82) is 0 Å². The second kappa shape index (κ2) is 7.11. The fraction of sp³-hybridized carbons (Fsp3) is 0.231. The Kier molecular flexibility index (Phi) is 5.87. The van der Waals surface area contributed by atoms with Gasteiger partial charge in [0.25, 0.3) is 16.0 Å². The van der Waals surface area contributed by atoms with Crippen molar-refractivity contribution < 1.29 is 26.2 Å². The van der Waals surface area contributed by atoms with Crippen LogP contribution >= 0.6 is 0 Å². The molecule has 1 aromatic rings. The molecular formula is C13H17N3O6S2. The zero-order valence-electron chi connectivity index (χ0n) is 13.2. The van der Waals surface area contributed by atoms with Crippen LogP contribution in [0.3, 0.4) is 0 Å². The SMILES string of the molecule is CN1C(=Cc2ccc(S(C)(=O)=O)cc2)C(=O)N=C1N.CS(=O)(=O)O. The summed E-state index contributed by atoms with van der Waals surface area (Å²) in [4.78, 5) is 16.9. The molecule has 0 aromatic heterocycles. The maximum atomic E-state index is 11.6. The smallest absolute Gasteiger partial charge is 0.296 e. The minimum atomic E-state index is -3.67. The first-order valence-corrected chi connectivity index (χ1v) is 10.1. The van der Waals surface area contributed by atoms with Crippen molar-refractivity contribution >= 4 is 37.9 Å². The quantitative estimate of drug-likeness (QED) is 0.530. The average molecular weight is 375 g/mol. The highest BCUT2D eigenvalue weighted by Crippen LogP contribution is 2.17. The van der Waals surface area contributed by atoms with E-state index in [0.717, 1.165) is 6.26 Å². The molecule has 3 N–H and O–H groups in total. The molecule has 2 rings (SSSR count). The van der Waals surface area contributed by atoms with Gasteiger partial charge in [-0.15, -0.1) is 0 Å². The number of rotatable bonds is 2. The zero-order chi connectivity index (χ0) is 18.7. The number of nitrogens with two attached hydrogens (primary N) is 1. The lowest BCUT2D eigenvalue weighted by atomic mass is 10.2. The summed E-state index contributed by atoms with van der Waals surface area (Å²) in [7, 11) is -5.25. The molecule has 0 bridgehead atoms. The van der Waals surface area contributed by atoms with Crippen molar-refractivity contribution in [3.8, 4) is 0 Å². The van der Waals surface area contributed by atoms with E-state index in [1.165, 1.54) is 17.0 Å². The average Bonchev–Trinajstić information content (AvgIpc) is 2.63. The highest BCUT2D eigenvalue weighted by molar-refractivity contribution is 7.90. The largest absolute Gasteiger partial charge is 0.369 e. The summed E-state index contributed by atoms with van der Waals surface area (Å²) in [6.45, 7) is 0. The molecule has 1 amide bonds. The number of hydrogen-bond donors (Lipinski definition) is 2. The van der Waals surface area contributed by atoms with Gasteiger partial charge in [-0.2, -0.15) is 13.4 Å². The normalized spacial score (nSPS) is 16.7. The standard InChI is InChI=1S/C12H13N3O3S.CH4O3S/c1-15-10(11(16)14-12(15)13)7-8-3-5-9(6-4-8)19(2,17)18;1-5(2,3)4/h3-7H,1-2H3,(H2,13,14,16);1H3,(H,2,3,4). The highest BCUT2D eigenvalue weighted by Gasteiger charge is 2.23. The molecule has 0 saturated heterocycles. The molecule has 0 atom stereocenters. The van der Waals surface area contributed by atoms with Crippen LogP contribution in [0.1, 0.15) is 5.56 Å². The fourth-order valence-corrected chi connectivity index (χ4v) is 2.26. The van der Waals surface area contributed by atoms with Crippen LogP contribution < -0.4 is 5.73 Å². The number of carbonyl (C=O) groups excluding carboxylic acids is 1. The second-order valence-corrected chi connectivity index (χ2v) is 8.42. The van der Waals surface area contributed by atoms with E-state index >= 15 is 0 Å². The lowest BCUT2D eigenvalue weighted by molar-refractivity contribution is -0.114. The van der Waals surface area contributed by atoms with Crippen molar-refractivity contribution in [1.82, 2.24) is 4.90 Å². The Morgan fingerprint density at radius 2 is 1.58 bits per heavy atom. The van der Waals surface area contributed by atoms with Crippen LogP contribution in [-0.4, -0.2) is 57.7 Å². The van der Waals surface area contributed by atoms with E-state index in [2.05, 4.69) is 4.99 Å². The fourth-order valence-electron chi connectivity index (χ4n) is 1.63. The Morgan fingerprint density at radius 3 is 1.92 bits per heavy atom. The predicted octanol–water partition coefficient (Wildman–Crippen LogP) is -0.278. The first-order chi connectivity index (χ1) is 10.8. The number of hydrogen-bond acceptors (Lipinski definition) is 7. The molecule has 1 aliphatic heterocycles. The van der Waals surface area contributed by atoms with E-state index in [1.807, 2.05) is 0 Å². The molecule has 0 unspecified atom stereocenters. The molecule has 0 aliphatic carbocycles. The topological polar surface area (TPSA) is 147 Å². The second-order valence-electron chi connectivity index (χ2n) is 4.94. The Labute approximate surface area is 140 Å². The Morgan fingerprint density at radius 1 is 1.12 bits per heavy atom. The van der Waals surface area contributed by atoms with E-state index in [0.29, 0.717) is 17.5 Å². The third-order valence-electron chi connectivity index (χ3n) is 2.75. The molecule has 0 radical (unpaired) electrons. The van der Waals surface area contributed by atoms with Gasteiger partial charge in [0.1, 0.15) is 5.70 Å². The highest BCUT2D eigenvalue weighted by atomic mass is 32.2. The number of sulfone groups is 1. The van der Waals surface area contributed by atoms with Crippen LogP contribution in [0.15, 0.2) is 39.9 Å². The molecule has 0 spiro atoms. The van der Waals surface area contributed by atoms with Crippen LogP contribution in [0.2, 0.25) is 0 Å². The minimum absolute atomic E-state index is 0.143. The van der Waals surface area contributed by atoms with E-state index in [9.17, 15) is 21.6 Å². The van der Waals surface area contributed by atoms with Gasteiger partial charge < -0.3 is 10.6 Å². The maximum absolute atomic E-state index is 11.6. The molecule has 9 nitrogen and oxygen atoms in total. The summed E-state index contributed by atoms with van der Waals surface area (Å²) in [5.74, 6) is -0.267. The minimum Gasteiger partial charge on any atom is -0.369 e. The van der Waals surface area contributed by atoms with Crippen molar-refractivity contribution in [2.45, 2.75) is 4.90 Å². The van der Waals surface area contributed by atoms with Gasteiger partial charge in [-0.05, 0) is 23.8 Å².